The molecule has 0 radical (unpaired) electrons. The number of allylic oxidation sites excluding steroid dienone is 1. The average molecular weight is 161 g/mol. The number of rotatable bonds is 3. The highest BCUT2D eigenvalue weighted by molar-refractivity contribution is 5.81. The zero-order valence-corrected chi connectivity index (χ0v) is 7.03. The Morgan fingerprint density at radius 1 is 1.50 bits per heavy atom. The van der Waals surface area contributed by atoms with Gasteiger partial charge >= 0.3 is 0 Å². The fourth-order valence-electron chi connectivity index (χ4n) is 0.893. The minimum absolute atomic E-state index is 0.770. The fraction of sp³-hybridized carbons (Fsp3) is 0.200. The second kappa shape index (κ2) is 4.44. The average Bonchev–Trinajstić information content (AvgIpc) is 2.16. The second-order valence-corrected chi connectivity index (χ2v) is 2.47. The van der Waals surface area contributed by atoms with Crippen molar-refractivity contribution >= 4 is 12.4 Å². The summed E-state index contributed by atoms with van der Waals surface area (Å²) in [5.41, 5.74) is 1.83. The second-order valence-electron chi connectivity index (χ2n) is 2.47. The predicted octanol–water partition coefficient (Wildman–Crippen LogP) is 2.07. The minimum Gasteiger partial charge on any atom is -0.298 e. The first-order valence-electron chi connectivity index (χ1n) is 3.92. The van der Waals surface area contributed by atoms with Gasteiger partial charge in [-0.2, -0.15) is 0 Å². The van der Waals surface area contributed by atoms with Crippen LogP contribution in [0.2, 0.25) is 0 Å². The molecule has 0 saturated heterocycles. The van der Waals surface area contributed by atoms with Crippen LogP contribution in [0.3, 0.4) is 0 Å². The van der Waals surface area contributed by atoms with E-state index in [0.29, 0.717) is 0 Å². The molecule has 0 aliphatic rings. The summed E-state index contributed by atoms with van der Waals surface area (Å²) in [6, 6.07) is 3.75. The van der Waals surface area contributed by atoms with Gasteiger partial charge in [-0.05, 0) is 35.8 Å². The molecule has 12 heavy (non-hydrogen) atoms. The van der Waals surface area contributed by atoms with E-state index in [1.54, 1.807) is 12.4 Å². The minimum atomic E-state index is 0.770. The maximum absolute atomic E-state index is 10.5. The summed E-state index contributed by atoms with van der Waals surface area (Å²) >= 11 is 0. The number of hydrogen-bond donors (Lipinski definition) is 0. The van der Waals surface area contributed by atoms with Crippen molar-refractivity contribution in [3.05, 3.63) is 35.7 Å². The Labute approximate surface area is 71.9 Å². The predicted molar refractivity (Wildman–Crippen MR) is 48.6 cm³/mol. The van der Waals surface area contributed by atoms with Gasteiger partial charge in [0.1, 0.15) is 6.29 Å². The first-order chi connectivity index (χ1) is 5.86. The first kappa shape index (κ1) is 8.65. The van der Waals surface area contributed by atoms with Gasteiger partial charge in [0.15, 0.2) is 0 Å². The van der Waals surface area contributed by atoms with Gasteiger partial charge < -0.3 is 0 Å². The van der Waals surface area contributed by atoms with Crippen LogP contribution >= 0.6 is 0 Å². The molecule has 0 unspecified atom stereocenters. The molecular formula is C10H11NO. The van der Waals surface area contributed by atoms with E-state index < -0.39 is 0 Å². The van der Waals surface area contributed by atoms with Gasteiger partial charge in [0.2, 0.25) is 0 Å². The van der Waals surface area contributed by atoms with Crippen molar-refractivity contribution in [1.29, 1.82) is 0 Å². The van der Waals surface area contributed by atoms with Crippen molar-refractivity contribution in [1.82, 2.24) is 4.98 Å². The Morgan fingerprint density at radius 3 is 2.67 bits per heavy atom. The number of carbonyl (C=O) groups excluding carboxylic acids is 1. The molecule has 2 heteroatoms. The van der Waals surface area contributed by atoms with Crippen LogP contribution < -0.4 is 0 Å². The zero-order valence-electron chi connectivity index (χ0n) is 7.03. The van der Waals surface area contributed by atoms with Crippen molar-refractivity contribution in [2.45, 2.75) is 13.3 Å². The van der Waals surface area contributed by atoms with Crippen LogP contribution in [0.15, 0.2) is 30.1 Å². The molecule has 1 aromatic heterocycles. The Balaban J connectivity index is 2.86. The highest BCUT2D eigenvalue weighted by Gasteiger charge is 1.91. The smallest absolute Gasteiger partial charge is 0.146 e. The van der Waals surface area contributed by atoms with E-state index in [1.807, 2.05) is 25.1 Å². The van der Waals surface area contributed by atoms with Crippen LogP contribution in [0.5, 0.6) is 0 Å². The molecule has 1 heterocycles. The number of nitrogens with zero attached hydrogens (tertiary/aromatic N) is 1. The van der Waals surface area contributed by atoms with Crippen molar-refractivity contribution in [3.63, 3.8) is 0 Å². The van der Waals surface area contributed by atoms with Gasteiger partial charge in [-0.15, -0.1) is 0 Å². The SMILES string of the molecule is CCC(C=O)=Cc1ccncc1. The molecule has 0 aliphatic carbocycles. The van der Waals surface area contributed by atoms with Crippen molar-refractivity contribution in [2.75, 3.05) is 0 Å². The first-order valence-corrected chi connectivity index (χ1v) is 3.92. The lowest BCUT2D eigenvalue weighted by molar-refractivity contribution is -0.104. The van der Waals surface area contributed by atoms with Crippen LogP contribution in [0.4, 0.5) is 0 Å². The molecule has 0 aromatic carbocycles. The lowest BCUT2D eigenvalue weighted by atomic mass is 10.1. The quantitative estimate of drug-likeness (QED) is 0.501. The maximum atomic E-state index is 10.5. The molecule has 1 aromatic rings. The molecule has 1 rings (SSSR count). The molecule has 0 spiro atoms. The van der Waals surface area contributed by atoms with Gasteiger partial charge in [0.25, 0.3) is 0 Å². The van der Waals surface area contributed by atoms with Crippen LogP contribution in [0, 0.1) is 0 Å². The molecule has 2 nitrogen and oxygen atoms in total. The highest BCUT2D eigenvalue weighted by Crippen LogP contribution is 2.05. The molecule has 62 valence electrons. The van der Waals surface area contributed by atoms with Crippen LogP contribution in [-0.4, -0.2) is 11.3 Å². The van der Waals surface area contributed by atoms with Gasteiger partial charge in [0.05, 0.1) is 0 Å². The Kier molecular flexibility index (Phi) is 3.20. The summed E-state index contributed by atoms with van der Waals surface area (Å²) in [5, 5.41) is 0. The van der Waals surface area contributed by atoms with E-state index in [4.69, 9.17) is 0 Å². The molecule has 0 atom stereocenters. The third-order valence-electron chi connectivity index (χ3n) is 1.62. The van der Waals surface area contributed by atoms with Crippen molar-refractivity contribution < 1.29 is 4.79 Å². The fourth-order valence-corrected chi connectivity index (χ4v) is 0.893. The van der Waals surface area contributed by atoms with Gasteiger partial charge in [-0.1, -0.05) is 6.92 Å². The molecular weight excluding hydrogens is 150 g/mol. The van der Waals surface area contributed by atoms with Crippen molar-refractivity contribution in [2.24, 2.45) is 0 Å². The third-order valence-corrected chi connectivity index (χ3v) is 1.62. The number of pyridine rings is 1. The standard InChI is InChI=1S/C10H11NO/c1-2-9(8-12)7-10-3-5-11-6-4-10/h3-8H,2H2,1H3. The summed E-state index contributed by atoms with van der Waals surface area (Å²) in [4.78, 5) is 14.3. The van der Waals surface area contributed by atoms with E-state index in [-0.39, 0.29) is 0 Å². The summed E-state index contributed by atoms with van der Waals surface area (Å²) in [7, 11) is 0. The monoisotopic (exact) mass is 161 g/mol. The molecule has 0 bridgehead atoms. The summed E-state index contributed by atoms with van der Waals surface area (Å²) < 4.78 is 0. The van der Waals surface area contributed by atoms with Crippen LogP contribution in [-0.2, 0) is 4.79 Å². The maximum Gasteiger partial charge on any atom is 0.146 e. The summed E-state index contributed by atoms with van der Waals surface area (Å²) in [5.74, 6) is 0. The Bertz CT molecular complexity index is 277. The van der Waals surface area contributed by atoms with Crippen LogP contribution in [0.25, 0.3) is 6.08 Å². The normalized spacial score (nSPS) is 11.2. The molecule has 0 saturated carbocycles. The van der Waals surface area contributed by atoms with Crippen LogP contribution in [0.1, 0.15) is 18.9 Å². The number of aromatic nitrogens is 1. The molecule has 0 N–H and O–H groups in total. The van der Waals surface area contributed by atoms with E-state index in [1.165, 1.54) is 0 Å². The van der Waals surface area contributed by atoms with E-state index in [9.17, 15) is 4.79 Å². The Morgan fingerprint density at radius 2 is 2.17 bits per heavy atom. The third kappa shape index (κ3) is 2.31. The number of aldehydes is 1. The lowest BCUT2D eigenvalue weighted by Gasteiger charge is -1.93. The van der Waals surface area contributed by atoms with Crippen molar-refractivity contribution in [3.8, 4) is 0 Å². The van der Waals surface area contributed by atoms with E-state index in [0.717, 1.165) is 23.8 Å². The lowest BCUT2D eigenvalue weighted by Crippen LogP contribution is -1.82. The van der Waals surface area contributed by atoms with Gasteiger partial charge in [-0.25, -0.2) is 0 Å². The molecule has 0 aliphatic heterocycles. The zero-order chi connectivity index (χ0) is 8.81. The number of hydrogen-bond acceptors (Lipinski definition) is 2. The highest BCUT2D eigenvalue weighted by atomic mass is 16.1. The molecule has 0 fully saturated rings. The number of carbonyl (C=O) groups is 1. The largest absolute Gasteiger partial charge is 0.298 e. The topological polar surface area (TPSA) is 30.0 Å². The summed E-state index contributed by atoms with van der Waals surface area (Å²) in [6.45, 7) is 1.96. The van der Waals surface area contributed by atoms with Gasteiger partial charge in [0, 0.05) is 12.4 Å². The Hall–Kier alpha value is -1.44. The molecule has 0 amide bonds. The van der Waals surface area contributed by atoms with Gasteiger partial charge in [-0.3, -0.25) is 9.78 Å². The summed E-state index contributed by atoms with van der Waals surface area (Å²) in [6.07, 6.45) is 6.95. The van der Waals surface area contributed by atoms with E-state index in [2.05, 4.69) is 4.98 Å². The van der Waals surface area contributed by atoms with E-state index >= 15 is 0 Å².